The molecular weight excluding hydrogens is 361 g/mol. The van der Waals surface area contributed by atoms with Crippen molar-refractivity contribution in [2.75, 3.05) is 26.2 Å². The Bertz CT molecular complexity index is 647. The second-order valence-corrected chi connectivity index (χ2v) is 7.59. The Morgan fingerprint density at radius 3 is 2.64 bits per heavy atom. The fourth-order valence-corrected chi connectivity index (χ4v) is 3.84. The summed E-state index contributed by atoms with van der Waals surface area (Å²) in [5, 5.41) is 5.86. The summed E-state index contributed by atoms with van der Waals surface area (Å²) in [6.45, 7) is 1.98. The molecule has 1 aromatic rings. The van der Waals surface area contributed by atoms with Gasteiger partial charge in [-0.3, -0.25) is 4.79 Å². The monoisotopic (exact) mass is 391 g/mol. The van der Waals surface area contributed by atoms with Gasteiger partial charge in [-0.1, -0.05) is 31.4 Å². The van der Waals surface area contributed by atoms with Crippen molar-refractivity contribution in [3.05, 3.63) is 35.6 Å². The number of amides is 3. The van der Waals surface area contributed by atoms with Gasteiger partial charge in [0.15, 0.2) is 0 Å². The number of hydrogen-bond donors (Lipinski definition) is 2. The summed E-state index contributed by atoms with van der Waals surface area (Å²) in [6, 6.07) is 6.35. The fourth-order valence-electron chi connectivity index (χ4n) is 3.84. The normalized spacial score (nSPS) is 20.6. The van der Waals surface area contributed by atoms with Crippen LogP contribution in [0.25, 0.3) is 0 Å². The first-order valence-corrected chi connectivity index (χ1v) is 10.3. The Hall–Kier alpha value is -2.15. The van der Waals surface area contributed by atoms with Gasteiger partial charge in [-0.2, -0.15) is 0 Å². The molecule has 28 heavy (non-hydrogen) atoms. The van der Waals surface area contributed by atoms with E-state index in [1.165, 1.54) is 31.4 Å². The third kappa shape index (κ3) is 6.19. The molecule has 1 heterocycles. The minimum Gasteiger partial charge on any atom is -0.370 e. The van der Waals surface area contributed by atoms with E-state index in [1.54, 1.807) is 17.0 Å². The van der Waals surface area contributed by atoms with Gasteiger partial charge in [0, 0.05) is 25.6 Å². The molecule has 1 aromatic carbocycles. The Labute approximate surface area is 165 Å². The van der Waals surface area contributed by atoms with Crippen molar-refractivity contribution in [1.29, 1.82) is 0 Å². The van der Waals surface area contributed by atoms with Crippen molar-refractivity contribution in [3.8, 4) is 0 Å². The summed E-state index contributed by atoms with van der Waals surface area (Å²) >= 11 is 0. The first kappa shape index (κ1) is 20.6. The molecule has 0 spiro atoms. The largest absolute Gasteiger partial charge is 0.370 e. The van der Waals surface area contributed by atoms with E-state index in [1.807, 2.05) is 0 Å². The molecule has 1 aliphatic heterocycles. The highest BCUT2D eigenvalue weighted by Crippen LogP contribution is 2.23. The topological polar surface area (TPSA) is 70.7 Å². The van der Waals surface area contributed by atoms with Crippen LogP contribution < -0.4 is 10.6 Å². The van der Waals surface area contributed by atoms with E-state index < -0.39 is 0 Å². The van der Waals surface area contributed by atoms with Crippen LogP contribution in [0.3, 0.4) is 0 Å². The minimum absolute atomic E-state index is 0.0601. The molecule has 2 N–H and O–H groups in total. The quantitative estimate of drug-likeness (QED) is 0.732. The molecule has 7 heteroatoms. The number of nitrogens with one attached hydrogen (secondary N) is 2. The average Bonchev–Trinajstić information content (AvgIpc) is 2.72. The summed E-state index contributed by atoms with van der Waals surface area (Å²) < 4.78 is 18.8. The summed E-state index contributed by atoms with van der Waals surface area (Å²) in [5.74, 6) is -0.225. The number of ether oxygens (including phenoxy) is 1. The standard InChI is InChI=1S/C21H30FN3O3/c22-17-10-8-16(9-11-17)19-15-25(13-14-28-19)20(26)7-4-12-23-21(27)24-18-5-2-1-3-6-18/h8-11,18-19H,1-7,12-15H2,(H2,23,24,27). The molecule has 0 bridgehead atoms. The van der Waals surface area contributed by atoms with E-state index in [4.69, 9.17) is 4.74 Å². The van der Waals surface area contributed by atoms with Crippen molar-refractivity contribution in [2.45, 2.75) is 57.1 Å². The van der Waals surface area contributed by atoms with Crippen LogP contribution in [-0.2, 0) is 9.53 Å². The molecule has 3 rings (SSSR count). The number of urea groups is 1. The van der Waals surface area contributed by atoms with Crippen LogP contribution in [0.1, 0.15) is 56.6 Å². The number of morpholine rings is 1. The van der Waals surface area contributed by atoms with Crippen LogP contribution in [0.4, 0.5) is 9.18 Å². The molecule has 154 valence electrons. The molecule has 3 amide bonds. The van der Waals surface area contributed by atoms with Crippen molar-refractivity contribution in [1.82, 2.24) is 15.5 Å². The van der Waals surface area contributed by atoms with Crippen molar-refractivity contribution < 1.29 is 18.7 Å². The van der Waals surface area contributed by atoms with Gasteiger partial charge in [0.1, 0.15) is 11.9 Å². The summed E-state index contributed by atoms with van der Waals surface area (Å²) in [7, 11) is 0. The molecule has 1 saturated heterocycles. The molecule has 1 unspecified atom stereocenters. The van der Waals surface area contributed by atoms with E-state index in [9.17, 15) is 14.0 Å². The Morgan fingerprint density at radius 2 is 1.89 bits per heavy atom. The van der Waals surface area contributed by atoms with Gasteiger partial charge < -0.3 is 20.3 Å². The number of carbonyl (C=O) groups excluding carboxylic acids is 2. The fraction of sp³-hybridized carbons (Fsp3) is 0.619. The summed E-state index contributed by atoms with van der Waals surface area (Å²) in [6.07, 6.45) is 6.49. The second kappa shape index (κ2) is 10.4. The molecule has 1 aliphatic carbocycles. The smallest absolute Gasteiger partial charge is 0.315 e. The molecular formula is C21H30FN3O3. The molecule has 2 aliphatic rings. The van der Waals surface area contributed by atoms with Gasteiger partial charge in [0.2, 0.25) is 5.91 Å². The van der Waals surface area contributed by atoms with Crippen LogP contribution in [0, 0.1) is 5.82 Å². The number of hydrogen-bond acceptors (Lipinski definition) is 3. The average molecular weight is 391 g/mol. The maximum absolute atomic E-state index is 13.1. The lowest BCUT2D eigenvalue weighted by molar-refractivity contribution is -0.139. The van der Waals surface area contributed by atoms with Crippen molar-refractivity contribution in [2.24, 2.45) is 0 Å². The Kier molecular flexibility index (Phi) is 7.65. The highest BCUT2D eigenvalue weighted by atomic mass is 19.1. The zero-order chi connectivity index (χ0) is 19.8. The van der Waals surface area contributed by atoms with Gasteiger partial charge in [0.05, 0.1) is 13.2 Å². The second-order valence-electron chi connectivity index (χ2n) is 7.59. The lowest BCUT2D eigenvalue weighted by Gasteiger charge is -2.33. The zero-order valence-electron chi connectivity index (χ0n) is 16.3. The van der Waals surface area contributed by atoms with Gasteiger partial charge >= 0.3 is 6.03 Å². The van der Waals surface area contributed by atoms with Crippen molar-refractivity contribution >= 4 is 11.9 Å². The van der Waals surface area contributed by atoms with Gasteiger partial charge in [0.25, 0.3) is 0 Å². The molecule has 1 atom stereocenters. The van der Waals surface area contributed by atoms with E-state index in [0.717, 1.165) is 18.4 Å². The number of rotatable bonds is 6. The predicted molar refractivity (Wildman–Crippen MR) is 104 cm³/mol. The Balaban J connectivity index is 1.35. The van der Waals surface area contributed by atoms with E-state index in [-0.39, 0.29) is 29.9 Å². The van der Waals surface area contributed by atoms with Gasteiger partial charge in [-0.05, 0) is 37.0 Å². The minimum atomic E-state index is -0.285. The Morgan fingerprint density at radius 1 is 1.14 bits per heavy atom. The van der Waals surface area contributed by atoms with E-state index in [0.29, 0.717) is 39.1 Å². The van der Waals surface area contributed by atoms with E-state index in [2.05, 4.69) is 10.6 Å². The number of carbonyl (C=O) groups is 2. The molecule has 2 fully saturated rings. The molecule has 1 saturated carbocycles. The maximum atomic E-state index is 13.1. The highest BCUT2D eigenvalue weighted by Gasteiger charge is 2.25. The number of nitrogens with zero attached hydrogens (tertiary/aromatic N) is 1. The van der Waals surface area contributed by atoms with Gasteiger partial charge in [-0.15, -0.1) is 0 Å². The summed E-state index contributed by atoms with van der Waals surface area (Å²) in [5.41, 5.74) is 0.875. The first-order chi connectivity index (χ1) is 13.6. The van der Waals surface area contributed by atoms with Gasteiger partial charge in [-0.25, -0.2) is 9.18 Å². The molecule has 6 nitrogen and oxygen atoms in total. The predicted octanol–water partition coefficient (Wildman–Crippen LogP) is 3.14. The van der Waals surface area contributed by atoms with Crippen molar-refractivity contribution in [3.63, 3.8) is 0 Å². The van der Waals surface area contributed by atoms with Crippen LogP contribution in [-0.4, -0.2) is 49.1 Å². The molecule has 0 radical (unpaired) electrons. The van der Waals surface area contributed by atoms with Crippen LogP contribution in [0.2, 0.25) is 0 Å². The number of halogens is 1. The lowest BCUT2D eigenvalue weighted by atomic mass is 9.96. The zero-order valence-corrected chi connectivity index (χ0v) is 16.3. The third-order valence-corrected chi connectivity index (χ3v) is 5.45. The first-order valence-electron chi connectivity index (χ1n) is 10.3. The van der Waals surface area contributed by atoms with E-state index >= 15 is 0 Å². The number of benzene rings is 1. The highest BCUT2D eigenvalue weighted by molar-refractivity contribution is 5.76. The SMILES string of the molecule is O=C(NCCCC(=O)N1CCOC(c2ccc(F)cc2)C1)NC1CCCCC1. The maximum Gasteiger partial charge on any atom is 0.315 e. The van der Waals surface area contributed by atoms with Crippen LogP contribution in [0.5, 0.6) is 0 Å². The third-order valence-electron chi connectivity index (χ3n) is 5.45. The van der Waals surface area contributed by atoms with Crippen LogP contribution in [0.15, 0.2) is 24.3 Å². The lowest BCUT2D eigenvalue weighted by Crippen LogP contribution is -2.44. The molecule has 0 aromatic heterocycles. The van der Waals surface area contributed by atoms with Crippen LogP contribution >= 0.6 is 0 Å². The summed E-state index contributed by atoms with van der Waals surface area (Å²) in [4.78, 5) is 26.2.